The van der Waals surface area contributed by atoms with E-state index in [4.69, 9.17) is 0 Å². The number of hydrogen-bond acceptors (Lipinski definition) is 5. The minimum Gasteiger partial charge on any atom is -0.338 e. The van der Waals surface area contributed by atoms with Crippen molar-refractivity contribution in [1.82, 2.24) is 20.0 Å². The van der Waals surface area contributed by atoms with Crippen LogP contribution < -0.4 is 5.32 Å². The number of thioether (sulfide) groups is 1. The molecule has 2 aliphatic rings. The third kappa shape index (κ3) is 9.49. The standard InChI is InChI=1S/C27H42N4O3S/c1-22(32)35-20-19-31(14-13-23-9-5-3-6-10-23)27(34)28-25(21-24-11-7-4-8-12-24)26(33)30-17-15-29(2)16-18-30/h4,7-8,11-12,23,25H,3,5-6,9-10,13-21H2,1-2H3,(H,28,34)/t25-/m0/s1. The van der Waals surface area contributed by atoms with E-state index in [0.29, 0.717) is 44.3 Å². The van der Waals surface area contributed by atoms with E-state index in [1.807, 2.05) is 40.1 Å². The highest BCUT2D eigenvalue weighted by Gasteiger charge is 2.30. The minimum absolute atomic E-state index is 0.0133. The second kappa shape index (κ2) is 14.5. The summed E-state index contributed by atoms with van der Waals surface area (Å²) >= 11 is 1.25. The third-order valence-corrected chi connectivity index (χ3v) is 7.97. The molecule has 1 N–H and O–H groups in total. The number of carbonyl (C=O) groups is 3. The SMILES string of the molecule is CC(=O)SCCN(CCC1CCCCC1)C(=O)N[C@@H](Cc1ccccc1)C(=O)N1CCN(C)CC1. The van der Waals surface area contributed by atoms with Crippen LogP contribution in [0, 0.1) is 5.92 Å². The van der Waals surface area contributed by atoms with Gasteiger partial charge in [0.05, 0.1) is 0 Å². The Balaban J connectivity index is 1.68. The number of carbonyl (C=O) groups excluding carboxylic acids is 3. The predicted octanol–water partition coefficient (Wildman–Crippen LogP) is 3.63. The fourth-order valence-electron chi connectivity index (χ4n) is 4.97. The lowest BCUT2D eigenvalue weighted by Crippen LogP contribution is -2.57. The molecule has 0 aromatic heterocycles. The van der Waals surface area contributed by atoms with Gasteiger partial charge in [0.1, 0.15) is 6.04 Å². The van der Waals surface area contributed by atoms with Crippen LogP contribution in [-0.2, 0) is 16.0 Å². The van der Waals surface area contributed by atoms with Gasteiger partial charge in [-0.25, -0.2) is 4.79 Å². The van der Waals surface area contributed by atoms with Gasteiger partial charge in [-0.3, -0.25) is 9.59 Å². The molecule has 1 aromatic carbocycles. The summed E-state index contributed by atoms with van der Waals surface area (Å²) in [4.78, 5) is 44.4. The molecule has 1 aromatic rings. The van der Waals surface area contributed by atoms with Crippen molar-refractivity contribution in [1.29, 1.82) is 0 Å². The van der Waals surface area contributed by atoms with Crippen LogP contribution in [0.5, 0.6) is 0 Å². The average Bonchev–Trinajstić information content (AvgIpc) is 2.86. The highest BCUT2D eigenvalue weighted by atomic mass is 32.2. The van der Waals surface area contributed by atoms with Gasteiger partial charge >= 0.3 is 6.03 Å². The Morgan fingerprint density at radius 2 is 1.71 bits per heavy atom. The zero-order valence-corrected chi connectivity index (χ0v) is 22.2. The smallest absolute Gasteiger partial charge is 0.318 e. The maximum atomic E-state index is 13.5. The zero-order valence-electron chi connectivity index (χ0n) is 21.4. The lowest BCUT2D eigenvalue weighted by molar-refractivity contribution is -0.134. The van der Waals surface area contributed by atoms with Crippen molar-refractivity contribution in [3.8, 4) is 0 Å². The largest absolute Gasteiger partial charge is 0.338 e. The number of hydrogen-bond donors (Lipinski definition) is 1. The van der Waals surface area contributed by atoms with Crippen LogP contribution in [-0.4, -0.2) is 89.9 Å². The molecule has 8 heteroatoms. The van der Waals surface area contributed by atoms with Crippen molar-refractivity contribution in [2.24, 2.45) is 5.92 Å². The second-order valence-corrected chi connectivity index (χ2v) is 11.2. The first-order valence-corrected chi connectivity index (χ1v) is 14.1. The molecule has 7 nitrogen and oxygen atoms in total. The van der Waals surface area contributed by atoms with Gasteiger partial charge in [0.25, 0.3) is 0 Å². The van der Waals surface area contributed by atoms with E-state index in [0.717, 1.165) is 25.1 Å². The first-order chi connectivity index (χ1) is 16.9. The first-order valence-electron chi connectivity index (χ1n) is 13.1. The number of nitrogens with zero attached hydrogens (tertiary/aromatic N) is 3. The summed E-state index contributed by atoms with van der Waals surface area (Å²) in [5.41, 5.74) is 1.03. The Bertz CT molecular complexity index is 808. The number of amides is 3. The quantitative estimate of drug-likeness (QED) is 0.529. The van der Waals surface area contributed by atoms with Gasteiger partial charge in [-0.1, -0.05) is 74.2 Å². The molecule has 0 spiro atoms. The monoisotopic (exact) mass is 502 g/mol. The van der Waals surface area contributed by atoms with E-state index < -0.39 is 6.04 Å². The van der Waals surface area contributed by atoms with Crippen molar-refractivity contribution >= 4 is 28.8 Å². The van der Waals surface area contributed by atoms with Crippen LogP contribution in [0.3, 0.4) is 0 Å². The van der Waals surface area contributed by atoms with Gasteiger partial charge in [0, 0.05) is 58.4 Å². The number of rotatable bonds is 10. The minimum atomic E-state index is -0.606. The van der Waals surface area contributed by atoms with Crippen molar-refractivity contribution in [3.63, 3.8) is 0 Å². The summed E-state index contributed by atoms with van der Waals surface area (Å²) in [5, 5.41) is 3.15. The van der Waals surface area contributed by atoms with Crippen molar-refractivity contribution < 1.29 is 14.4 Å². The van der Waals surface area contributed by atoms with Crippen LogP contribution in [0.4, 0.5) is 4.79 Å². The summed E-state index contributed by atoms with van der Waals surface area (Å²) in [6.45, 7) is 5.76. The number of benzene rings is 1. The van der Waals surface area contributed by atoms with E-state index >= 15 is 0 Å². The maximum absolute atomic E-state index is 13.5. The molecule has 35 heavy (non-hydrogen) atoms. The Morgan fingerprint density at radius 1 is 1.03 bits per heavy atom. The van der Waals surface area contributed by atoms with Gasteiger partial charge in [0.2, 0.25) is 5.91 Å². The molecule has 0 unspecified atom stereocenters. The molecule has 2 fully saturated rings. The third-order valence-electron chi connectivity index (χ3n) is 7.18. The molecule has 3 amide bonds. The van der Waals surface area contributed by atoms with Gasteiger partial charge in [0.15, 0.2) is 5.12 Å². The van der Waals surface area contributed by atoms with Crippen LogP contribution in [0.1, 0.15) is 51.0 Å². The molecule has 1 atom stereocenters. The molecule has 1 aliphatic heterocycles. The molecule has 1 saturated carbocycles. The molecule has 1 saturated heterocycles. The van der Waals surface area contributed by atoms with E-state index in [1.54, 1.807) is 6.92 Å². The summed E-state index contributed by atoms with van der Waals surface area (Å²) in [6.07, 6.45) is 7.77. The van der Waals surface area contributed by atoms with E-state index in [1.165, 1.54) is 43.9 Å². The van der Waals surface area contributed by atoms with Crippen molar-refractivity contribution in [3.05, 3.63) is 35.9 Å². The first kappa shape index (κ1) is 27.5. The topological polar surface area (TPSA) is 73.0 Å². The van der Waals surface area contributed by atoms with Gasteiger partial charge in [-0.05, 0) is 24.9 Å². The molecule has 0 radical (unpaired) electrons. The molecule has 3 rings (SSSR count). The van der Waals surface area contributed by atoms with E-state index in [-0.39, 0.29) is 17.1 Å². The van der Waals surface area contributed by atoms with Gasteiger partial charge < -0.3 is 20.0 Å². The normalized spacial score (nSPS) is 18.2. The summed E-state index contributed by atoms with van der Waals surface area (Å²) in [6, 6.07) is 9.08. The predicted molar refractivity (Wildman–Crippen MR) is 142 cm³/mol. The highest BCUT2D eigenvalue weighted by Crippen LogP contribution is 2.26. The molecule has 1 aliphatic carbocycles. The number of urea groups is 1. The Hall–Kier alpha value is -2.06. The molecule has 194 valence electrons. The summed E-state index contributed by atoms with van der Waals surface area (Å²) in [7, 11) is 2.06. The number of nitrogens with one attached hydrogen (secondary N) is 1. The van der Waals surface area contributed by atoms with E-state index in [9.17, 15) is 14.4 Å². The molecular weight excluding hydrogens is 460 g/mol. The van der Waals surface area contributed by atoms with Crippen LogP contribution in [0.15, 0.2) is 30.3 Å². The average molecular weight is 503 g/mol. The zero-order chi connectivity index (χ0) is 25.0. The van der Waals surface area contributed by atoms with Gasteiger partial charge in [-0.15, -0.1) is 0 Å². The van der Waals surface area contributed by atoms with Crippen LogP contribution in [0.25, 0.3) is 0 Å². The van der Waals surface area contributed by atoms with Crippen molar-refractivity contribution in [2.45, 2.75) is 57.9 Å². The van der Waals surface area contributed by atoms with Crippen LogP contribution in [0.2, 0.25) is 0 Å². The van der Waals surface area contributed by atoms with Gasteiger partial charge in [-0.2, -0.15) is 0 Å². The fourth-order valence-corrected chi connectivity index (χ4v) is 5.57. The lowest BCUT2D eigenvalue weighted by atomic mass is 9.87. The maximum Gasteiger partial charge on any atom is 0.318 e. The highest BCUT2D eigenvalue weighted by molar-refractivity contribution is 8.13. The number of likely N-dealkylation sites (N-methyl/N-ethyl adjacent to an activating group) is 1. The summed E-state index contributed by atoms with van der Waals surface area (Å²) in [5.74, 6) is 1.22. The Labute approximate surface area is 215 Å². The van der Waals surface area contributed by atoms with E-state index in [2.05, 4.69) is 17.3 Å². The Morgan fingerprint density at radius 3 is 2.37 bits per heavy atom. The lowest BCUT2D eigenvalue weighted by Gasteiger charge is -2.35. The molecule has 1 heterocycles. The summed E-state index contributed by atoms with van der Waals surface area (Å²) < 4.78 is 0. The van der Waals surface area contributed by atoms with Crippen molar-refractivity contribution in [2.75, 3.05) is 52.1 Å². The second-order valence-electron chi connectivity index (χ2n) is 9.94. The fraction of sp³-hybridized carbons (Fsp3) is 0.667. The Kier molecular flexibility index (Phi) is 11.4. The molecular formula is C27H42N4O3S. The molecule has 0 bridgehead atoms. The number of piperazine rings is 1. The van der Waals surface area contributed by atoms with Crippen LogP contribution >= 0.6 is 11.8 Å².